The van der Waals surface area contributed by atoms with Gasteiger partial charge in [-0.2, -0.15) is 0 Å². The summed E-state index contributed by atoms with van der Waals surface area (Å²) in [5.74, 6) is -0.871. The number of esters is 2. The first-order valence-electron chi connectivity index (χ1n) is 4.29. The molecule has 0 radical (unpaired) electrons. The minimum atomic E-state index is -0.436. The van der Waals surface area contributed by atoms with Crippen LogP contribution in [0.1, 0.15) is 13.8 Å². The summed E-state index contributed by atoms with van der Waals surface area (Å²) in [7, 11) is 0. The average molecular weight is 198 g/mol. The molecule has 0 rings (SSSR count). The van der Waals surface area contributed by atoms with Gasteiger partial charge in [0.2, 0.25) is 0 Å². The summed E-state index contributed by atoms with van der Waals surface area (Å²) in [6.07, 6.45) is 5.75. The van der Waals surface area contributed by atoms with Gasteiger partial charge in [0.25, 0.3) is 0 Å². The predicted molar refractivity (Wildman–Crippen MR) is 51.5 cm³/mol. The Kier molecular flexibility index (Phi) is 7.13. The summed E-state index contributed by atoms with van der Waals surface area (Å²) in [4.78, 5) is 21.5. The Morgan fingerprint density at radius 2 is 1.29 bits per heavy atom. The monoisotopic (exact) mass is 198 g/mol. The van der Waals surface area contributed by atoms with Gasteiger partial charge in [-0.25, -0.2) is 9.59 Å². The van der Waals surface area contributed by atoms with Crippen molar-refractivity contribution in [2.45, 2.75) is 13.8 Å². The highest BCUT2D eigenvalue weighted by Crippen LogP contribution is 1.85. The van der Waals surface area contributed by atoms with E-state index >= 15 is 0 Å². The fourth-order valence-electron chi connectivity index (χ4n) is 0.653. The molecule has 0 heterocycles. The van der Waals surface area contributed by atoms with Gasteiger partial charge < -0.3 is 9.47 Å². The van der Waals surface area contributed by atoms with E-state index < -0.39 is 11.9 Å². The topological polar surface area (TPSA) is 52.6 Å². The van der Waals surface area contributed by atoms with E-state index in [0.29, 0.717) is 0 Å². The van der Waals surface area contributed by atoms with E-state index in [1.807, 2.05) is 0 Å². The number of carbonyl (C=O) groups excluding carboxylic acids is 2. The molecular formula is C10H14O4. The molecule has 0 aliphatic rings. The van der Waals surface area contributed by atoms with Crippen molar-refractivity contribution >= 4 is 11.9 Å². The fraction of sp³-hybridized carbons (Fsp3) is 0.400. The van der Waals surface area contributed by atoms with E-state index in [0.717, 1.165) is 0 Å². The summed E-state index contributed by atoms with van der Waals surface area (Å²) >= 11 is 0. The Hall–Kier alpha value is -1.58. The molecule has 0 saturated heterocycles. The molecule has 0 fully saturated rings. The van der Waals surface area contributed by atoms with Crippen molar-refractivity contribution in [3.63, 3.8) is 0 Å². The molecular weight excluding hydrogens is 184 g/mol. The van der Waals surface area contributed by atoms with Crippen LogP contribution in [0.2, 0.25) is 0 Å². The molecule has 0 aliphatic carbocycles. The van der Waals surface area contributed by atoms with Crippen LogP contribution in [0.4, 0.5) is 0 Å². The zero-order valence-corrected chi connectivity index (χ0v) is 8.36. The number of hydrogen-bond acceptors (Lipinski definition) is 4. The van der Waals surface area contributed by atoms with Gasteiger partial charge >= 0.3 is 11.9 Å². The normalized spacial score (nSPS) is 10.7. The van der Waals surface area contributed by atoms with E-state index in [4.69, 9.17) is 0 Å². The van der Waals surface area contributed by atoms with Crippen molar-refractivity contribution in [1.82, 2.24) is 0 Å². The Balaban J connectivity index is 3.47. The van der Waals surface area contributed by atoms with Crippen molar-refractivity contribution < 1.29 is 19.1 Å². The van der Waals surface area contributed by atoms with E-state index in [-0.39, 0.29) is 13.2 Å². The predicted octanol–water partition coefficient (Wildman–Crippen LogP) is 1.22. The van der Waals surface area contributed by atoms with Gasteiger partial charge in [0, 0.05) is 12.2 Å². The number of ether oxygens (including phenoxy) is 2. The highest BCUT2D eigenvalue weighted by Gasteiger charge is 1.98. The van der Waals surface area contributed by atoms with E-state index in [1.165, 1.54) is 12.2 Å². The minimum absolute atomic E-state index is 0.0759. The van der Waals surface area contributed by atoms with Gasteiger partial charge in [0.15, 0.2) is 0 Å². The molecule has 0 aromatic carbocycles. The molecule has 0 aliphatic heterocycles. The SMILES string of the molecule is CC=CC(=O)OCCOC(=O)C=CC. The van der Waals surface area contributed by atoms with Crippen LogP contribution < -0.4 is 0 Å². The first-order chi connectivity index (χ1) is 6.70. The molecule has 4 heteroatoms. The Labute approximate surface area is 83.2 Å². The highest BCUT2D eigenvalue weighted by atomic mass is 16.6. The minimum Gasteiger partial charge on any atom is -0.459 e. The van der Waals surface area contributed by atoms with Crippen LogP contribution in [-0.2, 0) is 19.1 Å². The summed E-state index contributed by atoms with van der Waals surface area (Å²) in [6, 6.07) is 0. The molecule has 0 unspecified atom stereocenters. The first kappa shape index (κ1) is 12.4. The lowest BCUT2D eigenvalue weighted by molar-refractivity contribution is -0.146. The quantitative estimate of drug-likeness (QED) is 0.378. The molecule has 0 atom stereocenters. The van der Waals surface area contributed by atoms with Crippen LogP contribution in [0.15, 0.2) is 24.3 Å². The maximum Gasteiger partial charge on any atom is 0.330 e. The fourth-order valence-corrected chi connectivity index (χ4v) is 0.653. The highest BCUT2D eigenvalue weighted by molar-refractivity contribution is 5.82. The van der Waals surface area contributed by atoms with Gasteiger partial charge in [-0.3, -0.25) is 0 Å². The van der Waals surface area contributed by atoms with Crippen molar-refractivity contribution in [2.75, 3.05) is 13.2 Å². The number of hydrogen-bond donors (Lipinski definition) is 0. The third-order valence-electron chi connectivity index (χ3n) is 1.18. The Morgan fingerprint density at radius 3 is 1.57 bits per heavy atom. The molecule has 14 heavy (non-hydrogen) atoms. The molecule has 0 amide bonds. The van der Waals surface area contributed by atoms with Gasteiger partial charge in [0.1, 0.15) is 13.2 Å². The van der Waals surface area contributed by atoms with Crippen LogP contribution in [0, 0.1) is 0 Å². The maximum atomic E-state index is 10.7. The van der Waals surface area contributed by atoms with Crippen molar-refractivity contribution in [3.8, 4) is 0 Å². The molecule has 0 aromatic rings. The van der Waals surface area contributed by atoms with Gasteiger partial charge in [-0.05, 0) is 13.8 Å². The second-order valence-corrected chi connectivity index (χ2v) is 2.33. The molecule has 0 aromatic heterocycles. The second kappa shape index (κ2) is 8.04. The van der Waals surface area contributed by atoms with Crippen molar-refractivity contribution in [2.24, 2.45) is 0 Å². The average Bonchev–Trinajstić information content (AvgIpc) is 2.13. The van der Waals surface area contributed by atoms with E-state index in [9.17, 15) is 9.59 Å². The lowest BCUT2D eigenvalue weighted by atomic mass is 10.5. The summed E-state index contributed by atoms with van der Waals surface area (Å²) in [6.45, 7) is 3.58. The van der Waals surface area contributed by atoms with Crippen LogP contribution >= 0.6 is 0 Å². The number of allylic oxidation sites excluding steroid dienone is 2. The van der Waals surface area contributed by atoms with E-state index in [2.05, 4.69) is 9.47 Å². The standard InChI is InChI=1S/C10H14O4/c1-3-5-9(11)13-7-8-14-10(12)6-4-2/h3-6H,7-8H2,1-2H3. The summed E-state index contributed by atoms with van der Waals surface area (Å²) in [5.41, 5.74) is 0. The van der Waals surface area contributed by atoms with Crippen LogP contribution in [0.3, 0.4) is 0 Å². The van der Waals surface area contributed by atoms with Crippen LogP contribution in [0.25, 0.3) is 0 Å². The lowest BCUT2D eigenvalue weighted by Gasteiger charge is -2.01. The molecule has 4 nitrogen and oxygen atoms in total. The first-order valence-corrected chi connectivity index (χ1v) is 4.29. The van der Waals surface area contributed by atoms with Crippen molar-refractivity contribution in [1.29, 1.82) is 0 Å². The molecule has 0 bridgehead atoms. The molecule has 0 saturated carbocycles. The largest absolute Gasteiger partial charge is 0.459 e. The lowest BCUT2D eigenvalue weighted by Crippen LogP contribution is -2.11. The van der Waals surface area contributed by atoms with Gasteiger partial charge in [-0.15, -0.1) is 0 Å². The zero-order valence-electron chi connectivity index (χ0n) is 8.36. The Bertz CT molecular complexity index is 215. The molecule has 0 N–H and O–H groups in total. The van der Waals surface area contributed by atoms with Crippen LogP contribution in [-0.4, -0.2) is 25.2 Å². The third-order valence-corrected chi connectivity index (χ3v) is 1.18. The van der Waals surface area contributed by atoms with Crippen molar-refractivity contribution in [3.05, 3.63) is 24.3 Å². The molecule has 0 spiro atoms. The summed E-state index contributed by atoms with van der Waals surface area (Å²) in [5, 5.41) is 0. The third kappa shape index (κ3) is 7.09. The summed E-state index contributed by atoms with van der Waals surface area (Å²) < 4.78 is 9.37. The van der Waals surface area contributed by atoms with Gasteiger partial charge in [0.05, 0.1) is 0 Å². The number of carbonyl (C=O) groups is 2. The second-order valence-electron chi connectivity index (χ2n) is 2.33. The number of rotatable bonds is 5. The molecule has 78 valence electrons. The smallest absolute Gasteiger partial charge is 0.330 e. The Morgan fingerprint density at radius 1 is 0.929 bits per heavy atom. The van der Waals surface area contributed by atoms with Gasteiger partial charge in [-0.1, -0.05) is 12.2 Å². The maximum absolute atomic E-state index is 10.7. The van der Waals surface area contributed by atoms with E-state index in [1.54, 1.807) is 26.0 Å². The van der Waals surface area contributed by atoms with Crippen LogP contribution in [0.5, 0.6) is 0 Å². The zero-order chi connectivity index (χ0) is 10.8.